The first-order valence-electron chi connectivity index (χ1n) is 8.79. The fourth-order valence-electron chi connectivity index (χ4n) is 3.08. The zero-order valence-corrected chi connectivity index (χ0v) is 15.1. The molecule has 26 heavy (non-hydrogen) atoms. The van der Waals surface area contributed by atoms with Crippen LogP contribution in [0, 0.1) is 0 Å². The van der Waals surface area contributed by atoms with Crippen LogP contribution in [0.3, 0.4) is 0 Å². The second-order valence-electron chi connectivity index (χ2n) is 6.45. The number of nitrogens with one attached hydrogen (secondary N) is 2. The lowest BCUT2D eigenvalue weighted by Crippen LogP contribution is -2.36. The molecule has 0 amide bonds. The maximum absolute atomic E-state index is 13.2. The predicted octanol–water partition coefficient (Wildman–Crippen LogP) is 2.95. The van der Waals surface area contributed by atoms with Crippen molar-refractivity contribution in [2.75, 3.05) is 36.5 Å². The Morgan fingerprint density at radius 3 is 2.65 bits per heavy atom. The summed E-state index contributed by atoms with van der Waals surface area (Å²) in [6, 6.07) is 0.999. The number of thiocarbonyl (C=S) groups is 1. The second kappa shape index (κ2) is 8.34. The predicted molar refractivity (Wildman–Crippen MR) is 96.3 cm³/mol. The number of halogens is 3. The molecule has 2 fully saturated rings. The lowest BCUT2D eigenvalue weighted by Gasteiger charge is -2.28. The van der Waals surface area contributed by atoms with Gasteiger partial charge in [-0.05, 0) is 44.3 Å². The van der Waals surface area contributed by atoms with E-state index in [-0.39, 0.29) is 23.0 Å². The molecular weight excluding hydrogens is 367 g/mol. The summed E-state index contributed by atoms with van der Waals surface area (Å²) in [6.07, 6.45) is 0.427. The van der Waals surface area contributed by atoms with Gasteiger partial charge in [0.1, 0.15) is 5.82 Å². The molecule has 1 atom stereocenters. The highest BCUT2D eigenvalue weighted by atomic mass is 32.1. The molecular formula is C16H22F3N5OS. The van der Waals surface area contributed by atoms with Crippen molar-refractivity contribution < 1.29 is 17.9 Å². The molecule has 0 aromatic carbocycles. The first-order valence-corrected chi connectivity index (χ1v) is 9.20. The summed E-state index contributed by atoms with van der Waals surface area (Å²) in [5.74, 6) is 0.127. The number of piperidine rings is 1. The van der Waals surface area contributed by atoms with Crippen LogP contribution in [0.25, 0.3) is 0 Å². The molecule has 0 unspecified atom stereocenters. The van der Waals surface area contributed by atoms with E-state index in [2.05, 4.69) is 20.6 Å². The third-order valence-electron chi connectivity index (χ3n) is 4.42. The summed E-state index contributed by atoms with van der Waals surface area (Å²) in [7, 11) is 0. The first-order chi connectivity index (χ1) is 12.4. The fourth-order valence-corrected chi connectivity index (χ4v) is 3.25. The van der Waals surface area contributed by atoms with Gasteiger partial charge in [-0.1, -0.05) is 0 Å². The van der Waals surface area contributed by atoms with E-state index in [1.165, 1.54) is 0 Å². The van der Waals surface area contributed by atoms with Crippen LogP contribution in [0.1, 0.15) is 37.8 Å². The Hall–Kier alpha value is -1.68. The van der Waals surface area contributed by atoms with Gasteiger partial charge in [-0.2, -0.15) is 18.2 Å². The molecule has 3 heterocycles. The van der Waals surface area contributed by atoms with E-state index < -0.39 is 11.9 Å². The zero-order chi connectivity index (χ0) is 18.6. The van der Waals surface area contributed by atoms with Crippen molar-refractivity contribution in [1.29, 1.82) is 0 Å². The summed E-state index contributed by atoms with van der Waals surface area (Å²) in [5, 5.41) is 5.81. The molecule has 0 aliphatic carbocycles. The smallest absolute Gasteiger partial charge is 0.376 e. The number of rotatable bonds is 4. The van der Waals surface area contributed by atoms with Gasteiger partial charge in [0.25, 0.3) is 0 Å². The minimum Gasteiger partial charge on any atom is -0.376 e. The average molecular weight is 389 g/mol. The molecule has 2 saturated heterocycles. The van der Waals surface area contributed by atoms with Gasteiger partial charge in [0.05, 0.1) is 6.10 Å². The molecule has 0 bridgehead atoms. The number of aromatic nitrogens is 2. The molecule has 6 nitrogen and oxygen atoms in total. The van der Waals surface area contributed by atoms with Gasteiger partial charge in [0.15, 0.2) is 10.8 Å². The molecule has 2 aliphatic heterocycles. The molecule has 3 rings (SSSR count). The maximum Gasteiger partial charge on any atom is 0.433 e. The van der Waals surface area contributed by atoms with E-state index in [0.29, 0.717) is 19.6 Å². The molecule has 1 aromatic rings. The SMILES string of the molecule is FC(F)(F)c1cc(N2CCCCC2)nc(NC(=S)NC[C@@H]2CCCO2)n1. The minimum atomic E-state index is -4.54. The number of ether oxygens (including phenoxy) is 1. The van der Waals surface area contributed by atoms with Crippen molar-refractivity contribution in [1.82, 2.24) is 15.3 Å². The number of hydrogen-bond acceptors (Lipinski definition) is 5. The van der Waals surface area contributed by atoms with E-state index in [1.807, 2.05) is 4.90 Å². The zero-order valence-electron chi connectivity index (χ0n) is 14.3. The highest BCUT2D eigenvalue weighted by Crippen LogP contribution is 2.31. The number of anilines is 2. The van der Waals surface area contributed by atoms with Gasteiger partial charge in [0, 0.05) is 32.3 Å². The number of nitrogens with zero attached hydrogens (tertiary/aromatic N) is 3. The lowest BCUT2D eigenvalue weighted by molar-refractivity contribution is -0.141. The summed E-state index contributed by atoms with van der Waals surface area (Å²) in [6.45, 7) is 2.61. The van der Waals surface area contributed by atoms with Crippen LogP contribution >= 0.6 is 12.2 Å². The van der Waals surface area contributed by atoms with Crippen LogP contribution < -0.4 is 15.5 Å². The number of hydrogen-bond donors (Lipinski definition) is 2. The van der Waals surface area contributed by atoms with Crippen LogP contribution in [-0.2, 0) is 10.9 Å². The third-order valence-corrected chi connectivity index (χ3v) is 4.67. The maximum atomic E-state index is 13.2. The molecule has 1 aromatic heterocycles. The Labute approximate surface area is 155 Å². The second-order valence-corrected chi connectivity index (χ2v) is 6.86. The Morgan fingerprint density at radius 2 is 2.00 bits per heavy atom. The van der Waals surface area contributed by atoms with Gasteiger partial charge in [0.2, 0.25) is 5.95 Å². The fraction of sp³-hybridized carbons (Fsp3) is 0.688. The normalized spacial score (nSPS) is 20.9. The summed E-state index contributed by atoms with van der Waals surface area (Å²) in [4.78, 5) is 9.68. The van der Waals surface area contributed by atoms with E-state index in [1.54, 1.807) is 0 Å². The van der Waals surface area contributed by atoms with Gasteiger partial charge in [-0.3, -0.25) is 0 Å². The number of alkyl halides is 3. The topological polar surface area (TPSA) is 62.3 Å². The first kappa shape index (κ1) is 19.1. The quantitative estimate of drug-likeness (QED) is 0.768. The summed E-state index contributed by atoms with van der Waals surface area (Å²) >= 11 is 5.15. The van der Waals surface area contributed by atoms with E-state index in [9.17, 15) is 13.2 Å². The van der Waals surface area contributed by atoms with Crippen molar-refractivity contribution >= 4 is 29.1 Å². The van der Waals surface area contributed by atoms with Crippen LogP contribution in [0.4, 0.5) is 24.9 Å². The monoisotopic (exact) mass is 389 g/mol. The van der Waals surface area contributed by atoms with E-state index in [0.717, 1.165) is 44.8 Å². The molecule has 0 saturated carbocycles. The van der Waals surface area contributed by atoms with Crippen molar-refractivity contribution in [3.8, 4) is 0 Å². The van der Waals surface area contributed by atoms with Crippen LogP contribution in [0.5, 0.6) is 0 Å². The highest BCUT2D eigenvalue weighted by Gasteiger charge is 2.34. The van der Waals surface area contributed by atoms with Crippen molar-refractivity contribution in [3.63, 3.8) is 0 Å². The van der Waals surface area contributed by atoms with Crippen molar-refractivity contribution in [3.05, 3.63) is 11.8 Å². The third kappa shape index (κ3) is 5.16. The van der Waals surface area contributed by atoms with Crippen molar-refractivity contribution in [2.24, 2.45) is 0 Å². The molecule has 0 radical (unpaired) electrons. The van der Waals surface area contributed by atoms with E-state index in [4.69, 9.17) is 17.0 Å². The summed E-state index contributed by atoms with van der Waals surface area (Å²) < 4.78 is 45.1. The van der Waals surface area contributed by atoms with Gasteiger partial charge in [-0.25, -0.2) is 4.98 Å². The molecule has 144 valence electrons. The Balaban J connectivity index is 1.70. The molecule has 10 heteroatoms. The molecule has 2 N–H and O–H groups in total. The van der Waals surface area contributed by atoms with Crippen molar-refractivity contribution in [2.45, 2.75) is 44.4 Å². The minimum absolute atomic E-state index is 0.0705. The van der Waals surface area contributed by atoms with Gasteiger partial charge in [-0.15, -0.1) is 0 Å². The lowest BCUT2D eigenvalue weighted by atomic mass is 10.1. The summed E-state index contributed by atoms with van der Waals surface area (Å²) in [5.41, 5.74) is -0.975. The van der Waals surface area contributed by atoms with Gasteiger partial charge < -0.3 is 20.3 Å². The molecule has 2 aliphatic rings. The highest BCUT2D eigenvalue weighted by molar-refractivity contribution is 7.80. The molecule has 0 spiro atoms. The van der Waals surface area contributed by atoms with Gasteiger partial charge >= 0.3 is 6.18 Å². The average Bonchev–Trinajstić information content (AvgIpc) is 3.13. The Bertz CT molecular complexity index is 631. The van der Waals surface area contributed by atoms with Crippen LogP contribution in [-0.4, -0.2) is 47.4 Å². The van der Waals surface area contributed by atoms with Crippen LogP contribution in [0.15, 0.2) is 6.07 Å². The Kier molecular flexibility index (Phi) is 6.13. The van der Waals surface area contributed by atoms with E-state index >= 15 is 0 Å². The Morgan fingerprint density at radius 1 is 1.23 bits per heavy atom. The largest absolute Gasteiger partial charge is 0.433 e. The standard InChI is InChI=1S/C16H22F3N5OS/c17-16(18,19)12-9-13(24-6-2-1-3-7-24)22-14(21-12)23-15(26)20-10-11-5-4-8-25-11/h9,11H,1-8,10H2,(H2,20,21,22,23,26)/t11-/m0/s1. The van der Waals surface area contributed by atoms with Crippen LogP contribution in [0.2, 0.25) is 0 Å².